The molecular weight excluding hydrogens is 465 g/mol. The fraction of sp³-hybridized carbons (Fsp3) is 0.750. The number of carbonyl (C=O) groups is 3. The monoisotopic (exact) mass is 505 g/mol. The van der Waals surface area contributed by atoms with E-state index in [0.717, 1.165) is 0 Å². The summed E-state index contributed by atoms with van der Waals surface area (Å²) in [4.78, 5) is 38.5. The van der Waals surface area contributed by atoms with Crippen molar-refractivity contribution in [1.29, 1.82) is 0 Å². The van der Waals surface area contributed by atoms with Gasteiger partial charge in [0.25, 0.3) is 0 Å². The van der Waals surface area contributed by atoms with Gasteiger partial charge in [-0.1, -0.05) is 39.3 Å². The topological polar surface area (TPSA) is 113 Å². The van der Waals surface area contributed by atoms with E-state index in [1.807, 2.05) is 20.8 Å². The molecule has 0 radical (unpaired) electrons. The second kappa shape index (κ2) is 8.76. The van der Waals surface area contributed by atoms with Gasteiger partial charge in [-0.3, -0.25) is 9.59 Å². The molecule has 0 bridgehead atoms. The zero-order chi connectivity index (χ0) is 26.8. The summed E-state index contributed by atoms with van der Waals surface area (Å²) in [5.41, 5.74) is -5.31. The van der Waals surface area contributed by atoms with Gasteiger partial charge in [-0.2, -0.15) is 0 Å². The molecule has 0 aromatic rings. The number of amides is 1. The summed E-state index contributed by atoms with van der Waals surface area (Å²) in [5.74, 6) is -2.17. The van der Waals surface area contributed by atoms with Crippen LogP contribution in [0.15, 0.2) is 23.8 Å². The Morgan fingerprint density at radius 1 is 1.25 bits per heavy atom. The summed E-state index contributed by atoms with van der Waals surface area (Å²) in [5, 5.41) is 24.3. The molecule has 9 atom stereocenters. The maximum atomic E-state index is 17.3. The molecule has 200 valence electrons. The maximum Gasteiger partial charge on any atom is 0.408 e. The van der Waals surface area contributed by atoms with Crippen LogP contribution in [0.1, 0.15) is 67.2 Å². The van der Waals surface area contributed by atoms with Crippen LogP contribution in [0.3, 0.4) is 0 Å². The molecule has 0 spiro atoms. The summed E-state index contributed by atoms with van der Waals surface area (Å²) < 4.78 is 23.3. The number of ketones is 2. The van der Waals surface area contributed by atoms with Crippen molar-refractivity contribution >= 4 is 17.7 Å². The van der Waals surface area contributed by atoms with E-state index in [1.54, 1.807) is 26.8 Å². The quantitative estimate of drug-likeness (QED) is 0.526. The number of allylic oxidation sites excluding steroid dienone is 4. The van der Waals surface area contributed by atoms with E-state index < -0.39 is 58.5 Å². The molecule has 0 aliphatic heterocycles. The van der Waals surface area contributed by atoms with E-state index in [4.69, 9.17) is 4.74 Å². The molecule has 0 aromatic carbocycles. The van der Waals surface area contributed by atoms with Gasteiger partial charge in [-0.25, -0.2) is 9.18 Å². The number of aliphatic hydroxyl groups is 2. The molecule has 1 amide bonds. The van der Waals surface area contributed by atoms with Gasteiger partial charge in [0.15, 0.2) is 17.1 Å². The maximum absolute atomic E-state index is 17.3. The van der Waals surface area contributed by atoms with E-state index in [9.17, 15) is 24.6 Å². The Morgan fingerprint density at radius 3 is 2.53 bits per heavy atom. The summed E-state index contributed by atoms with van der Waals surface area (Å²) in [6.45, 7) is 10.3. The molecule has 3 N–H and O–H groups in total. The number of alkyl halides is 1. The lowest BCUT2D eigenvalue weighted by molar-refractivity contribution is -0.219. The number of hydrogen-bond donors (Lipinski definition) is 3. The molecule has 3 saturated carbocycles. The van der Waals surface area contributed by atoms with Crippen LogP contribution in [0.5, 0.6) is 0 Å². The number of rotatable bonds is 5. The van der Waals surface area contributed by atoms with E-state index in [-0.39, 0.29) is 30.1 Å². The fourth-order valence-electron chi connectivity index (χ4n) is 8.04. The van der Waals surface area contributed by atoms with Crippen molar-refractivity contribution in [2.45, 2.75) is 90.6 Å². The number of hydrogen-bond acceptors (Lipinski definition) is 6. The van der Waals surface area contributed by atoms with Crippen molar-refractivity contribution in [2.24, 2.45) is 34.5 Å². The van der Waals surface area contributed by atoms with Crippen molar-refractivity contribution < 1.29 is 33.7 Å². The van der Waals surface area contributed by atoms with Crippen LogP contribution in [-0.4, -0.2) is 57.9 Å². The predicted octanol–water partition coefficient (Wildman–Crippen LogP) is 3.67. The molecule has 4 aliphatic carbocycles. The number of alkyl carbamates (subject to hydrolysis) is 1. The van der Waals surface area contributed by atoms with E-state index >= 15 is 4.39 Å². The Hall–Kier alpha value is -2.06. The number of nitrogens with one attached hydrogen (secondary N) is 1. The first kappa shape index (κ1) is 27.0. The SMILES string of the molecule is CC(C)C(C)NC(=O)O[C@]1(C(=O)CO)[C@@H](C)C[C@H]2[C@@H]3CCC4=CC(=O)C=C[C@]4(C)[C@@]3(F)[C@@H](O)C[C@@]21C. The lowest BCUT2D eigenvalue weighted by Crippen LogP contribution is -2.70. The number of aliphatic hydroxyl groups excluding tert-OH is 2. The second-order valence-electron chi connectivity index (χ2n) is 12.3. The molecule has 4 aliphatic rings. The molecule has 36 heavy (non-hydrogen) atoms. The largest absolute Gasteiger partial charge is 0.434 e. The Kier molecular flexibility index (Phi) is 6.57. The van der Waals surface area contributed by atoms with Crippen LogP contribution < -0.4 is 5.32 Å². The van der Waals surface area contributed by atoms with E-state index in [2.05, 4.69) is 5.32 Å². The molecule has 0 saturated heterocycles. The molecule has 0 aromatic heterocycles. The molecular formula is C28H40FNO6. The van der Waals surface area contributed by atoms with Gasteiger partial charge in [0.1, 0.15) is 6.61 Å². The molecule has 7 nitrogen and oxygen atoms in total. The van der Waals surface area contributed by atoms with Crippen molar-refractivity contribution in [3.05, 3.63) is 23.8 Å². The highest BCUT2D eigenvalue weighted by Gasteiger charge is 2.77. The van der Waals surface area contributed by atoms with Crippen LogP contribution in [-0.2, 0) is 14.3 Å². The zero-order valence-corrected chi connectivity index (χ0v) is 22.1. The summed E-state index contributed by atoms with van der Waals surface area (Å²) >= 11 is 0. The van der Waals surface area contributed by atoms with E-state index in [0.29, 0.717) is 24.8 Å². The first-order valence-electron chi connectivity index (χ1n) is 13.1. The van der Waals surface area contributed by atoms with Gasteiger partial charge >= 0.3 is 6.09 Å². The van der Waals surface area contributed by atoms with Crippen LogP contribution in [0.2, 0.25) is 0 Å². The van der Waals surface area contributed by atoms with Gasteiger partial charge in [-0.15, -0.1) is 0 Å². The minimum absolute atomic E-state index is 0.113. The smallest absolute Gasteiger partial charge is 0.408 e. The third-order valence-corrected chi connectivity index (χ3v) is 10.3. The fourth-order valence-corrected chi connectivity index (χ4v) is 8.04. The lowest BCUT2D eigenvalue weighted by Gasteiger charge is -2.62. The summed E-state index contributed by atoms with van der Waals surface area (Å²) in [6.07, 6.45) is 3.43. The third kappa shape index (κ3) is 3.39. The van der Waals surface area contributed by atoms with Crippen molar-refractivity contribution in [2.75, 3.05) is 6.61 Å². The van der Waals surface area contributed by atoms with Gasteiger partial charge < -0.3 is 20.3 Å². The lowest BCUT2D eigenvalue weighted by atomic mass is 9.44. The Bertz CT molecular complexity index is 1020. The first-order chi connectivity index (χ1) is 16.7. The highest BCUT2D eigenvalue weighted by molar-refractivity contribution is 6.01. The Balaban J connectivity index is 1.78. The van der Waals surface area contributed by atoms with E-state index in [1.165, 1.54) is 12.2 Å². The molecule has 0 heterocycles. The summed E-state index contributed by atoms with van der Waals surface area (Å²) in [6, 6.07) is -0.209. The molecule has 1 unspecified atom stereocenters. The van der Waals surface area contributed by atoms with Crippen LogP contribution in [0, 0.1) is 34.5 Å². The van der Waals surface area contributed by atoms with Crippen molar-refractivity contribution in [1.82, 2.24) is 5.32 Å². The minimum atomic E-state index is -2.05. The Morgan fingerprint density at radius 2 is 1.92 bits per heavy atom. The van der Waals surface area contributed by atoms with Gasteiger partial charge in [0, 0.05) is 28.7 Å². The predicted molar refractivity (Wildman–Crippen MR) is 132 cm³/mol. The average molecular weight is 506 g/mol. The molecule has 4 rings (SSSR count). The number of carbonyl (C=O) groups excluding carboxylic acids is 3. The number of halogens is 1. The Labute approximate surface area is 212 Å². The highest BCUT2D eigenvalue weighted by atomic mass is 19.1. The highest BCUT2D eigenvalue weighted by Crippen LogP contribution is 2.71. The first-order valence-corrected chi connectivity index (χ1v) is 13.1. The van der Waals surface area contributed by atoms with Gasteiger partial charge in [0.05, 0.1) is 6.10 Å². The van der Waals surface area contributed by atoms with Crippen LogP contribution >= 0.6 is 0 Å². The zero-order valence-electron chi connectivity index (χ0n) is 22.1. The summed E-state index contributed by atoms with van der Waals surface area (Å²) in [7, 11) is 0. The average Bonchev–Trinajstić information content (AvgIpc) is 3.01. The second-order valence-corrected chi connectivity index (χ2v) is 12.3. The van der Waals surface area contributed by atoms with Crippen LogP contribution in [0.25, 0.3) is 0 Å². The standard InChI is InChI=1S/C28H40FNO6/c1-15(2)17(4)30-24(35)36-28(23(34)14-31)16(3)11-21-20-8-7-18-12-19(32)9-10-25(18,5)27(20,29)22(33)13-26(21,28)6/h9-10,12,15-17,20-22,31,33H,7-8,11,13-14H2,1-6H3,(H,30,35)/t16-,17?,20-,21-,22-,25-,26-,27-,28-/m0/s1. The number of Topliss-reactive ketones (excluding diaryl/α,β-unsaturated/α-hetero) is 1. The van der Waals surface area contributed by atoms with Crippen molar-refractivity contribution in [3.8, 4) is 0 Å². The number of ether oxygens (including phenoxy) is 1. The third-order valence-electron chi connectivity index (χ3n) is 10.3. The van der Waals surface area contributed by atoms with Crippen molar-refractivity contribution in [3.63, 3.8) is 0 Å². The van der Waals surface area contributed by atoms with Crippen LogP contribution in [0.4, 0.5) is 9.18 Å². The number of fused-ring (bicyclic) bond motifs is 5. The molecule has 8 heteroatoms. The van der Waals surface area contributed by atoms with Gasteiger partial charge in [-0.05, 0) is 63.5 Å². The molecule has 3 fully saturated rings. The normalized spacial score (nSPS) is 44.3. The van der Waals surface area contributed by atoms with Gasteiger partial charge in [0.2, 0.25) is 5.78 Å². The minimum Gasteiger partial charge on any atom is -0.434 e.